The van der Waals surface area contributed by atoms with Crippen LogP contribution in [0.3, 0.4) is 0 Å². The van der Waals surface area contributed by atoms with Crippen molar-refractivity contribution in [1.29, 1.82) is 5.26 Å². The van der Waals surface area contributed by atoms with Crippen LogP contribution in [-0.4, -0.2) is 34.2 Å². The van der Waals surface area contributed by atoms with Gasteiger partial charge in [-0.1, -0.05) is 43.3 Å². The highest BCUT2D eigenvalue weighted by Gasteiger charge is 2.39. The molecule has 1 aromatic heterocycles. The van der Waals surface area contributed by atoms with Crippen LogP contribution < -0.4 is 0 Å². The first kappa shape index (κ1) is 23.7. The average Bonchev–Trinajstić information content (AvgIpc) is 3.22. The molecule has 2 N–H and O–H groups in total. The molecule has 178 valence electrons. The monoisotopic (exact) mass is 569 g/mol. The first-order valence-corrected chi connectivity index (χ1v) is 13.4. The summed E-state index contributed by atoms with van der Waals surface area (Å²) in [6.45, 7) is 4.19. The standard InChI is InChI=1S/C28H32IN3O2/c1-18-23-14-27(34-16-20-6-2-4-8-24(20)29)28-22(21-7-3-5-9-25(21)31-28)12-13-32(17-30)15-19(23)10-11-26(18)33/h2-9,18-19,23,26-27,31,33H,10-16H2,1H3/t18-,19+,23-,26+,27?/m1/s1. The van der Waals surface area contributed by atoms with Crippen LogP contribution in [-0.2, 0) is 17.8 Å². The van der Waals surface area contributed by atoms with Gasteiger partial charge in [0, 0.05) is 33.3 Å². The van der Waals surface area contributed by atoms with Crippen LogP contribution in [0.1, 0.15) is 49.1 Å². The van der Waals surface area contributed by atoms with E-state index in [1.807, 2.05) is 4.90 Å². The number of nitrogens with one attached hydrogen (secondary N) is 1. The maximum Gasteiger partial charge on any atom is 0.179 e. The van der Waals surface area contributed by atoms with E-state index in [0.717, 1.165) is 43.4 Å². The van der Waals surface area contributed by atoms with Crippen molar-refractivity contribution < 1.29 is 9.84 Å². The predicted molar refractivity (Wildman–Crippen MR) is 142 cm³/mol. The quantitative estimate of drug-likeness (QED) is 0.310. The molecule has 1 saturated carbocycles. The summed E-state index contributed by atoms with van der Waals surface area (Å²) in [5, 5.41) is 21.8. The highest BCUT2D eigenvalue weighted by atomic mass is 127. The molecular formula is C28H32IN3O2. The van der Waals surface area contributed by atoms with Gasteiger partial charge in [0.2, 0.25) is 0 Å². The number of para-hydroxylation sites is 1. The number of ether oxygens (including phenoxy) is 1. The highest BCUT2D eigenvalue weighted by Crippen LogP contribution is 2.44. The number of aliphatic hydroxyl groups excluding tert-OH is 1. The van der Waals surface area contributed by atoms with Gasteiger partial charge >= 0.3 is 0 Å². The SMILES string of the molecule is C[C@@H]1[C@H]2CC(OCc3ccccc3I)c3[nH]c4ccccc4c3CCN(C#N)C[C@@H]2CC[C@@H]1O. The molecule has 6 heteroatoms. The fourth-order valence-electron chi connectivity index (χ4n) is 6.01. The third kappa shape index (κ3) is 4.71. The van der Waals surface area contributed by atoms with Crippen molar-refractivity contribution in [2.24, 2.45) is 17.8 Å². The number of nitriles is 1. The molecular weight excluding hydrogens is 537 g/mol. The number of benzene rings is 2. The summed E-state index contributed by atoms with van der Waals surface area (Å²) in [6, 6.07) is 16.8. The molecule has 34 heavy (non-hydrogen) atoms. The van der Waals surface area contributed by atoms with Gasteiger partial charge in [0.05, 0.1) is 18.8 Å². The third-order valence-corrected chi connectivity index (χ3v) is 9.05. The number of hydrogen-bond acceptors (Lipinski definition) is 4. The third-order valence-electron chi connectivity index (χ3n) is 8.00. The van der Waals surface area contributed by atoms with Gasteiger partial charge in [-0.2, -0.15) is 5.26 Å². The Hall–Kier alpha value is -2.08. The van der Waals surface area contributed by atoms with Crippen molar-refractivity contribution >= 4 is 33.5 Å². The van der Waals surface area contributed by atoms with Crippen molar-refractivity contribution in [2.45, 2.75) is 51.4 Å². The maximum absolute atomic E-state index is 10.7. The normalized spacial score (nSPS) is 27.6. The van der Waals surface area contributed by atoms with Crippen LogP contribution >= 0.6 is 22.6 Å². The second-order valence-electron chi connectivity index (χ2n) is 9.91. The van der Waals surface area contributed by atoms with E-state index in [0.29, 0.717) is 19.1 Å². The molecule has 0 radical (unpaired) electrons. The minimum absolute atomic E-state index is 0.0905. The predicted octanol–water partition coefficient (Wildman–Crippen LogP) is 5.78. The number of aromatic amines is 1. The van der Waals surface area contributed by atoms with Crippen molar-refractivity contribution in [3.8, 4) is 6.19 Å². The van der Waals surface area contributed by atoms with E-state index in [-0.39, 0.29) is 24.0 Å². The first-order valence-electron chi connectivity index (χ1n) is 12.3. The van der Waals surface area contributed by atoms with Gasteiger partial charge in [0.1, 0.15) is 0 Å². The van der Waals surface area contributed by atoms with E-state index in [2.05, 4.69) is 89.2 Å². The Labute approximate surface area is 215 Å². The van der Waals surface area contributed by atoms with Gasteiger partial charge < -0.3 is 19.7 Å². The molecule has 2 aliphatic rings. The summed E-state index contributed by atoms with van der Waals surface area (Å²) in [6.07, 6.45) is 5.48. The molecule has 5 atom stereocenters. The number of aromatic nitrogens is 1. The van der Waals surface area contributed by atoms with Gasteiger partial charge in [-0.15, -0.1) is 0 Å². The van der Waals surface area contributed by atoms with Crippen LogP contribution in [0.4, 0.5) is 0 Å². The lowest BCUT2D eigenvalue weighted by Gasteiger charge is -2.42. The van der Waals surface area contributed by atoms with E-state index in [1.165, 1.54) is 20.1 Å². The average molecular weight is 569 g/mol. The summed E-state index contributed by atoms with van der Waals surface area (Å²) < 4.78 is 7.94. The number of fused-ring (bicyclic) bond motifs is 4. The van der Waals surface area contributed by atoms with Crippen molar-refractivity contribution in [2.75, 3.05) is 13.1 Å². The Bertz CT molecular complexity index is 1190. The van der Waals surface area contributed by atoms with Gasteiger partial charge in [0.25, 0.3) is 0 Å². The van der Waals surface area contributed by atoms with Gasteiger partial charge in [-0.25, -0.2) is 0 Å². The Morgan fingerprint density at radius 2 is 1.97 bits per heavy atom. The van der Waals surface area contributed by atoms with Crippen LogP contribution in [0.2, 0.25) is 0 Å². The van der Waals surface area contributed by atoms with E-state index in [4.69, 9.17) is 4.74 Å². The fourth-order valence-corrected chi connectivity index (χ4v) is 6.55. The van der Waals surface area contributed by atoms with Crippen molar-refractivity contribution in [3.63, 3.8) is 0 Å². The van der Waals surface area contributed by atoms with Crippen LogP contribution in [0.15, 0.2) is 48.5 Å². The van der Waals surface area contributed by atoms with Crippen molar-refractivity contribution in [1.82, 2.24) is 9.88 Å². The molecule has 2 heterocycles. The number of H-pyrrole nitrogens is 1. The molecule has 5 nitrogen and oxygen atoms in total. The topological polar surface area (TPSA) is 72.3 Å². The molecule has 2 aromatic carbocycles. The molecule has 1 aliphatic carbocycles. The molecule has 0 bridgehead atoms. The largest absolute Gasteiger partial charge is 0.393 e. The second-order valence-corrected chi connectivity index (χ2v) is 11.1. The van der Waals surface area contributed by atoms with Gasteiger partial charge in [0.15, 0.2) is 6.19 Å². The lowest BCUT2D eigenvalue weighted by molar-refractivity contribution is -0.0412. The number of aliphatic hydroxyl groups is 1. The Kier molecular flexibility index (Phi) is 7.14. The summed E-state index contributed by atoms with van der Waals surface area (Å²) in [5.41, 5.74) is 4.71. The fraction of sp³-hybridized carbons (Fsp3) is 0.464. The zero-order chi connectivity index (χ0) is 23.7. The molecule has 3 aromatic rings. The van der Waals surface area contributed by atoms with E-state index in [9.17, 15) is 10.4 Å². The van der Waals surface area contributed by atoms with Crippen LogP contribution in [0.5, 0.6) is 0 Å². The molecule has 0 spiro atoms. The Morgan fingerprint density at radius 1 is 1.18 bits per heavy atom. The van der Waals surface area contributed by atoms with Crippen molar-refractivity contribution in [3.05, 3.63) is 68.9 Å². The zero-order valence-electron chi connectivity index (χ0n) is 19.6. The number of rotatable bonds is 3. The smallest absolute Gasteiger partial charge is 0.179 e. The van der Waals surface area contributed by atoms with Crippen LogP contribution in [0, 0.1) is 32.8 Å². The summed E-state index contributed by atoms with van der Waals surface area (Å²) in [4.78, 5) is 5.63. The second kappa shape index (κ2) is 10.3. The molecule has 0 saturated heterocycles. The molecule has 5 rings (SSSR count). The Balaban J connectivity index is 1.56. The molecule has 1 aliphatic heterocycles. The summed E-state index contributed by atoms with van der Waals surface area (Å²) >= 11 is 2.38. The maximum atomic E-state index is 10.7. The minimum atomic E-state index is -0.294. The van der Waals surface area contributed by atoms with Crippen LogP contribution in [0.25, 0.3) is 10.9 Å². The molecule has 1 fully saturated rings. The number of halogens is 1. The summed E-state index contributed by atoms with van der Waals surface area (Å²) in [5.74, 6) is 0.846. The summed E-state index contributed by atoms with van der Waals surface area (Å²) in [7, 11) is 0. The van der Waals surface area contributed by atoms with E-state index in [1.54, 1.807) is 0 Å². The van der Waals surface area contributed by atoms with E-state index >= 15 is 0 Å². The lowest BCUT2D eigenvalue weighted by Crippen LogP contribution is -2.42. The first-order chi connectivity index (χ1) is 16.5. The highest BCUT2D eigenvalue weighted by molar-refractivity contribution is 14.1. The minimum Gasteiger partial charge on any atom is -0.393 e. The van der Waals surface area contributed by atoms with Gasteiger partial charge in [-0.05, 0) is 89.3 Å². The number of nitrogens with zero attached hydrogens (tertiary/aromatic N) is 2. The van der Waals surface area contributed by atoms with E-state index < -0.39 is 0 Å². The van der Waals surface area contributed by atoms with Gasteiger partial charge in [-0.3, -0.25) is 0 Å². The lowest BCUT2D eigenvalue weighted by atomic mass is 9.68. The number of hydrogen-bond donors (Lipinski definition) is 2. The Morgan fingerprint density at radius 3 is 2.79 bits per heavy atom. The zero-order valence-corrected chi connectivity index (χ0v) is 21.7. The molecule has 1 unspecified atom stereocenters. The molecule has 0 amide bonds.